The van der Waals surface area contributed by atoms with Crippen LogP contribution in [0, 0.1) is 5.92 Å². The van der Waals surface area contributed by atoms with Gasteiger partial charge < -0.3 is 15.4 Å². The molecule has 19 heavy (non-hydrogen) atoms. The third-order valence-electron chi connectivity index (χ3n) is 3.64. The summed E-state index contributed by atoms with van der Waals surface area (Å²) in [5.74, 6) is 0.548. The predicted octanol–water partition coefficient (Wildman–Crippen LogP) is 2.38. The molecule has 2 rings (SSSR count). The van der Waals surface area contributed by atoms with Crippen molar-refractivity contribution in [1.29, 1.82) is 0 Å². The number of amides is 1. The van der Waals surface area contributed by atoms with Crippen LogP contribution in [0.5, 0.6) is 0 Å². The molecular formula is C15H22N2O2. The first-order valence-corrected chi connectivity index (χ1v) is 6.95. The van der Waals surface area contributed by atoms with Gasteiger partial charge in [0.15, 0.2) is 0 Å². The highest BCUT2D eigenvalue weighted by atomic mass is 16.6. The van der Waals surface area contributed by atoms with E-state index in [2.05, 4.69) is 0 Å². The Balaban J connectivity index is 1.79. The summed E-state index contributed by atoms with van der Waals surface area (Å²) in [5, 5.41) is 0. The fourth-order valence-corrected chi connectivity index (χ4v) is 2.39. The molecule has 0 aromatic heterocycles. The second kappa shape index (κ2) is 7.14. The van der Waals surface area contributed by atoms with Gasteiger partial charge in [0.25, 0.3) is 0 Å². The second-order valence-corrected chi connectivity index (χ2v) is 5.06. The summed E-state index contributed by atoms with van der Waals surface area (Å²) < 4.78 is 5.35. The van der Waals surface area contributed by atoms with E-state index in [1.165, 1.54) is 0 Å². The van der Waals surface area contributed by atoms with Crippen molar-refractivity contribution in [3.8, 4) is 0 Å². The number of hydrogen-bond acceptors (Lipinski definition) is 3. The Hall–Kier alpha value is -1.55. The number of hydrogen-bond donors (Lipinski definition) is 1. The van der Waals surface area contributed by atoms with Crippen molar-refractivity contribution in [1.82, 2.24) is 4.90 Å². The second-order valence-electron chi connectivity index (χ2n) is 5.06. The lowest BCUT2D eigenvalue weighted by molar-refractivity contribution is 0.0971. The van der Waals surface area contributed by atoms with Crippen LogP contribution in [0.2, 0.25) is 0 Å². The molecule has 1 heterocycles. The van der Waals surface area contributed by atoms with Gasteiger partial charge in [-0.1, -0.05) is 30.3 Å². The molecule has 1 unspecified atom stereocenters. The summed E-state index contributed by atoms with van der Waals surface area (Å²) in [5.41, 5.74) is 6.71. The molecule has 104 valence electrons. The van der Waals surface area contributed by atoms with Crippen LogP contribution in [0.3, 0.4) is 0 Å². The third kappa shape index (κ3) is 4.24. The summed E-state index contributed by atoms with van der Waals surface area (Å²) >= 11 is 0. The topological polar surface area (TPSA) is 55.6 Å². The van der Waals surface area contributed by atoms with Crippen molar-refractivity contribution < 1.29 is 9.53 Å². The number of ether oxygens (including phenoxy) is 1. The van der Waals surface area contributed by atoms with Crippen LogP contribution in [-0.4, -0.2) is 30.6 Å². The number of carbonyl (C=O) groups is 1. The van der Waals surface area contributed by atoms with Gasteiger partial charge in [-0.15, -0.1) is 0 Å². The molecule has 2 N–H and O–H groups in total. The largest absolute Gasteiger partial charge is 0.445 e. The van der Waals surface area contributed by atoms with Gasteiger partial charge in [0.2, 0.25) is 0 Å². The SMILES string of the molecule is NCC1CCCN(C(=O)OCc2ccccc2)CC1. The van der Waals surface area contributed by atoms with E-state index in [1.54, 1.807) is 4.90 Å². The Labute approximate surface area is 114 Å². The number of nitrogens with zero attached hydrogens (tertiary/aromatic N) is 1. The van der Waals surface area contributed by atoms with Crippen molar-refractivity contribution in [2.45, 2.75) is 25.9 Å². The zero-order valence-corrected chi connectivity index (χ0v) is 11.3. The summed E-state index contributed by atoms with van der Waals surface area (Å²) in [4.78, 5) is 13.8. The lowest BCUT2D eigenvalue weighted by Crippen LogP contribution is -2.32. The van der Waals surface area contributed by atoms with Gasteiger partial charge in [-0.3, -0.25) is 0 Å². The molecule has 0 aliphatic carbocycles. The molecule has 1 aromatic carbocycles. The standard InChI is InChI=1S/C15H22N2O2/c16-11-13-7-4-9-17(10-8-13)15(18)19-12-14-5-2-1-3-6-14/h1-3,5-6,13H,4,7-12,16H2. The van der Waals surface area contributed by atoms with Crippen LogP contribution in [-0.2, 0) is 11.3 Å². The first-order chi connectivity index (χ1) is 9.29. The van der Waals surface area contributed by atoms with Crippen LogP contribution in [0.25, 0.3) is 0 Å². The molecule has 0 spiro atoms. The smallest absolute Gasteiger partial charge is 0.410 e. The lowest BCUT2D eigenvalue weighted by atomic mass is 10.0. The molecule has 1 aliphatic heterocycles. The van der Waals surface area contributed by atoms with Gasteiger partial charge in [-0.05, 0) is 37.3 Å². The predicted molar refractivity (Wildman–Crippen MR) is 74.6 cm³/mol. The van der Waals surface area contributed by atoms with E-state index < -0.39 is 0 Å². The van der Waals surface area contributed by atoms with E-state index in [-0.39, 0.29) is 6.09 Å². The van der Waals surface area contributed by atoms with Crippen molar-refractivity contribution in [2.75, 3.05) is 19.6 Å². The number of likely N-dealkylation sites (tertiary alicyclic amines) is 1. The average molecular weight is 262 g/mol. The summed E-state index contributed by atoms with van der Waals surface area (Å²) in [6.07, 6.45) is 2.90. The molecule has 1 fully saturated rings. The minimum atomic E-state index is -0.207. The van der Waals surface area contributed by atoms with Crippen molar-refractivity contribution in [2.24, 2.45) is 11.7 Å². The number of rotatable bonds is 3. The zero-order chi connectivity index (χ0) is 13.5. The first kappa shape index (κ1) is 13.9. The summed E-state index contributed by atoms with van der Waals surface area (Å²) in [6.45, 7) is 2.60. The maximum atomic E-state index is 12.0. The molecule has 1 aliphatic rings. The van der Waals surface area contributed by atoms with Gasteiger partial charge in [0.05, 0.1) is 0 Å². The quantitative estimate of drug-likeness (QED) is 0.910. The van der Waals surface area contributed by atoms with Crippen molar-refractivity contribution >= 4 is 6.09 Å². The van der Waals surface area contributed by atoms with Gasteiger partial charge in [-0.2, -0.15) is 0 Å². The molecule has 4 nitrogen and oxygen atoms in total. The van der Waals surface area contributed by atoms with Crippen LogP contribution >= 0.6 is 0 Å². The normalized spacial score (nSPS) is 19.8. The molecule has 0 saturated carbocycles. The van der Waals surface area contributed by atoms with Crippen LogP contribution in [0.1, 0.15) is 24.8 Å². The van der Waals surface area contributed by atoms with E-state index in [1.807, 2.05) is 30.3 Å². The highest BCUT2D eigenvalue weighted by molar-refractivity contribution is 5.67. The highest BCUT2D eigenvalue weighted by Gasteiger charge is 2.20. The monoisotopic (exact) mass is 262 g/mol. The Morgan fingerprint density at radius 3 is 2.79 bits per heavy atom. The lowest BCUT2D eigenvalue weighted by Gasteiger charge is -2.20. The minimum Gasteiger partial charge on any atom is -0.445 e. The highest BCUT2D eigenvalue weighted by Crippen LogP contribution is 2.17. The Morgan fingerprint density at radius 2 is 2.05 bits per heavy atom. The van der Waals surface area contributed by atoms with Crippen LogP contribution in [0.4, 0.5) is 4.79 Å². The van der Waals surface area contributed by atoms with E-state index in [0.717, 1.165) is 37.9 Å². The molecule has 0 bridgehead atoms. The average Bonchev–Trinajstić information content (AvgIpc) is 2.71. The maximum Gasteiger partial charge on any atom is 0.410 e. The number of carbonyl (C=O) groups excluding carboxylic acids is 1. The van der Waals surface area contributed by atoms with Gasteiger partial charge in [-0.25, -0.2) is 4.79 Å². The van der Waals surface area contributed by atoms with E-state index in [4.69, 9.17) is 10.5 Å². The molecule has 0 radical (unpaired) electrons. The molecular weight excluding hydrogens is 240 g/mol. The fourth-order valence-electron chi connectivity index (χ4n) is 2.39. The molecule has 4 heteroatoms. The third-order valence-corrected chi connectivity index (χ3v) is 3.64. The first-order valence-electron chi connectivity index (χ1n) is 6.95. The van der Waals surface area contributed by atoms with E-state index >= 15 is 0 Å². The van der Waals surface area contributed by atoms with Crippen LogP contribution < -0.4 is 5.73 Å². The fraction of sp³-hybridized carbons (Fsp3) is 0.533. The molecule has 1 atom stereocenters. The molecule has 1 saturated heterocycles. The van der Waals surface area contributed by atoms with Gasteiger partial charge in [0.1, 0.15) is 6.61 Å². The zero-order valence-electron chi connectivity index (χ0n) is 11.3. The van der Waals surface area contributed by atoms with Crippen LogP contribution in [0.15, 0.2) is 30.3 Å². The van der Waals surface area contributed by atoms with Crippen molar-refractivity contribution in [3.63, 3.8) is 0 Å². The summed E-state index contributed by atoms with van der Waals surface area (Å²) in [7, 11) is 0. The molecule has 1 aromatic rings. The number of benzene rings is 1. The Kier molecular flexibility index (Phi) is 5.21. The van der Waals surface area contributed by atoms with E-state index in [9.17, 15) is 4.79 Å². The van der Waals surface area contributed by atoms with Crippen molar-refractivity contribution in [3.05, 3.63) is 35.9 Å². The number of nitrogens with two attached hydrogens (primary N) is 1. The van der Waals surface area contributed by atoms with Gasteiger partial charge in [0, 0.05) is 13.1 Å². The Bertz CT molecular complexity index is 394. The Morgan fingerprint density at radius 1 is 1.26 bits per heavy atom. The summed E-state index contributed by atoms with van der Waals surface area (Å²) in [6, 6.07) is 9.76. The van der Waals surface area contributed by atoms with Gasteiger partial charge >= 0.3 is 6.09 Å². The maximum absolute atomic E-state index is 12.0. The van der Waals surface area contributed by atoms with E-state index in [0.29, 0.717) is 19.1 Å². The molecule has 1 amide bonds. The minimum absolute atomic E-state index is 0.207.